The van der Waals surface area contributed by atoms with Crippen molar-refractivity contribution >= 4 is 0 Å². The molecule has 0 aliphatic heterocycles. The van der Waals surface area contributed by atoms with Gasteiger partial charge in [-0.15, -0.1) is 6.58 Å². The third kappa shape index (κ3) is 1.99. The molecule has 1 rings (SSSR count). The number of aromatic nitrogens is 3. The van der Waals surface area contributed by atoms with E-state index in [1.807, 2.05) is 0 Å². The second-order valence-corrected chi connectivity index (χ2v) is 1.85. The average Bonchev–Trinajstić information content (AvgIpc) is 2.41. The fraction of sp³-hybridized carbons (Fsp3) is 0.333. The van der Waals surface area contributed by atoms with Gasteiger partial charge in [-0.1, -0.05) is 6.08 Å². The Kier molecular flexibility index (Phi) is 2.63. The zero-order valence-corrected chi connectivity index (χ0v) is 5.67. The number of nitrogens with one attached hydrogen (secondary N) is 2. The molecule has 0 amide bonds. The Morgan fingerprint density at radius 2 is 2.70 bits per heavy atom. The van der Waals surface area contributed by atoms with Gasteiger partial charge in [-0.05, 0) is 0 Å². The highest BCUT2D eigenvalue weighted by Crippen LogP contribution is 1.81. The molecule has 0 fully saturated rings. The molecule has 4 nitrogen and oxygen atoms in total. The normalized spacial score (nSPS) is 9.60. The molecule has 54 valence electrons. The summed E-state index contributed by atoms with van der Waals surface area (Å²) in [5, 5.41) is 9.52. The van der Waals surface area contributed by atoms with Crippen LogP contribution in [0.3, 0.4) is 0 Å². The number of hydrogen-bond donors (Lipinski definition) is 2. The van der Waals surface area contributed by atoms with Crippen LogP contribution in [0.5, 0.6) is 0 Å². The van der Waals surface area contributed by atoms with Crippen LogP contribution in [0.2, 0.25) is 0 Å². The predicted octanol–water partition coefficient (Wildman–Crippen LogP) is 0.0803. The second-order valence-electron chi connectivity index (χ2n) is 1.85. The van der Waals surface area contributed by atoms with Gasteiger partial charge in [0.05, 0.1) is 6.54 Å². The summed E-state index contributed by atoms with van der Waals surface area (Å²) in [7, 11) is 0. The number of nitrogens with zero attached hydrogens (tertiary/aromatic N) is 2. The first-order valence-corrected chi connectivity index (χ1v) is 3.09. The molecule has 2 N–H and O–H groups in total. The lowest BCUT2D eigenvalue weighted by Gasteiger charge is -1.94. The quantitative estimate of drug-likeness (QED) is 0.457. The minimum Gasteiger partial charge on any atom is -0.306 e. The van der Waals surface area contributed by atoms with E-state index in [1.165, 1.54) is 6.33 Å². The van der Waals surface area contributed by atoms with Crippen LogP contribution in [-0.4, -0.2) is 21.7 Å². The van der Waals surface area contributed by atoms with Crippen LogP contribution in [0.4, 0.5) is 0 Å². The van der Waals surface area contributed by atoms with Gasteiger partial charge in [-0.25, -0.2) is 4.98 Å². The van der Waals surface area contributed by atoms with Crippen molar-refractivity contribution in [2.24, 2.45) is 0 Å². The van der Waals surface area contributed by atoms with Gasteiger partial charge in [0.25, 0.3) is 0 Å². The van der Waals surface area contributed by atoms with E-state index in [9.17, 15) is 0 Å². The summed E-state index contributed by atoms with van der Waals surface area (Å²) >= 11 is 0. The molecular weight excluding hydrogens is 128 g/mol. The molecule has 0 aliphatic carbocycles. The van der Waals surface area contributed by atoms with Crippen LogP contribution >= 0.6 is 0 Å². The Hall–Kier alpha value is -1.16. The minimum atomic E-state index is 0.714. The van der Waals surface area contributed by atoms with Gasteiger partial charge in [0.2, 0.25) is 0 Å². The maximum Gasteiger partial charge on any atom is 0.138 e. The van der Waals surface area contributed by atoms with E-state index in [0.29, 0.717) is 6.54 Å². The number of aromatic amines is 1. The lowest BCUT2D eigenvalue weighted by Crippen LogP contribution is -2.13. The van der Waals surface area contributed by atoms with Crippen LogP contribution in [0.25, 0.3) is 0 Å². The zero-order chi connectivity index (χ0) is 7.23. The highest BCUT2D eigenvalue weighted by molar-refractivity contribution is 4.80. The maximum atomic E-state index is 3.92. The van der Waals surface area contributed by atoms with Crippen LogP contribution in [-0.2, 0) is 6.54 Å². The third-order valence-electron chi connectivity index (χ3n) is 1.05. The lowest BCUT2D eigenvalue weighted by molar-refractivity contribution is 0.719. The molecule has 1 heterocycles. The van der Waals surface area contributed by atoms with E-state index in [2.05, 4.69) is 27.1 Å². The molecule has 10 heavy (non-hydrogen) atoms. The van der Waals surface area contributed by atoms with Crippen molar-refractivity contribution in [3.63, 3.8) is 0 Å². The summed E-state index contributed by atoms with van der Waals surface area (Å²) in [5.41, 5.74) is 0. The van der Waals surface area contributed by atoms with Crippen LogP contribution in [0.1, 0.15) is 5.82 Å². The highest BCUT2D eigenvalue weighted by Gasteiger charge is 1.90. The summed E-state index contributed by atoms with van der Waals surface area (Å²) in [6.07, 6.45) is 3.29. The van der Waals surface area contributed by atoms with Gasteiger partial charge in [-0.3, -0.25) is 5.10 Å². The molecule has 0 radical (unpaired) electrons. The zero-order valence-electron chi connectivity index (χ0n) is 5.67. The molecule has 0 saturated carbocycles. The predicted molar refractivity (Wildman–Crippen MR) is 38.3 cm³/mol. The van der Waals surface area contributed by atoms with E-state index in [-0.39, 0.29) is 0 Å². The van der Waals surface area contributed by atoms with E-state index in [1.54, 1.807) is 6.08 Å². The van der Waals surface area contributed by atoms with Gasteiger partial charge >= 0.3 is 0 Å². The number of hydrogen-bond acceptors (Lipinski definition) is 3. The smallest absolute Gasteiger partial charge is 0.138 e. The maximum absolute atomic E-state index is 3.92. The SMILES string of the molecule is C=CCNCc1ncn[nH]1. The van der Waals surface area contributed by atoms with Crippen molar-refractivity contribution in [3.8, 4) is 0 Å². The summed E-state index contributed by atoms with van der Waals surface area (Å²) in [5.74, 6) is 0.849. The molecule has 4 heteroatoms. The lowest BCUT2D eigenvalue weighted by atomic mass is 10.5. The summed E-state index contributed by atoms with van der Waals surface area (Å²) in [6, 6.07) is 0. The molecule has 1 aromatic heterocycles. The van der Waals surface area contributed by atoms with Gasteiger partial charge < -0.3 is 5.32 Å². The first-order chi connectivity index (χ1) is 4.93. The largest absolute Gasteiger partial charge is 0.306 e. The first kappa shape index (κ1) is 6.95. The van der Waals surface area contributed by atoms with Crippen LogP contribution in [0.15, 0.2) is 19.0 Å². The van der Waals surface area contributed by atoms with Gasteiger partial charge in [0.15, 0.2) is 0 Å². The van der Waals surface area contributed by atoms with Gasteiger partial charge in [0, 0.05) is 6.54 Å². The van der Waals surface area contributed by atoms with Crippen LogP contribution < -0.4 is 5.32 Å². The van der Waals surface area contributed by atoms with E-state index in [4.69, 9.17) is 0 Å². The van der Waals surface area contributed by atoms with Crippen molar-refractivity contribution in [3.05, 3.63) is 24.8 Å². The summed E-state index contributed by atoms with van der Waals surface area (Å²) < 4.78 is 0. The van der Waals surface area contributed by atoms with Crippen molar-refractivity contribution in [2.45, 2.75) is 6.54 Å². The molecular formula is C6H10N4. The van der Waals surface area contributed by atoms with Gasteiger partial charge in [0.1, 0.15) is 12.2 Å². The second kappa shape index (κ2) is 3.79. The minimum absolute atomic E-state index is 0.714. The summed E-state index contributed by atoms with van der Waals surface area (Å²) in [4.78, 5) is 3.92. The molecule has 0 unspecified atom stereocenters. The van der Waals surface area contributed by atoms with E-state index >= 15 is 0 Å². The van der Waals surface area contributed by atoms with Crippen molar-refractivity contribution in [2.75, 3.05) is 6.54 Å². The fourth-order valence-electron chi connectivity index (χ4n) is 0.609. The van der Waals surface area contributed by atoms with E-state index in [0.717, 1.165) is 12.4 Å². The summed E-state index contributed by atoms with van der Waals surface area (Å²) in [6.45, 7) is 5.08. The number of H-pyrrole nitrogens is 1. The van der Waals surface area contributed by atoms with Crippen LogP contribution in [0, 0.1) is 0 Å². The van der Waals surface area contributed by atoms with Crippen molar-refractivity contribution < 1.29 is 0 Å². The molecule has 0 atom stereocenters. The highest BCUT2D eigenvalue weighted by atomic mass is 15.2. The molecule has 0 bridgehead atoms. The Morgan fingerprint density at radius 3 is 3.30 bits per heavy atom. The first-order valence-electron chi connectivity index (χ1n) is 3.09. The molecule has 0 aromatic carbocycles. The van der Waals surface area contributed by atoms with Crippen molar-refractivity contribution in [1.82, 2.24) is 20.5 Å². The Labute approximate surface area is 59.4 Å². The average molecular weight is 138 g/mol. The topological polar surface area (TPSA) is 53.6 Å². The Balaban J connectivity index is 2.21. The Morgan fingerprint density at radius 1 is 1.80 bits per heavy atom. The van der Waals surface area contributed by atoms with Crippen molar-refractivity contribution in [1.29, 1.82) is 0 Å². The standard InChI is InChI=1S/C6H10N4/c1-2-3-7-4-6-8-5-9-10-6/h2,5,7H,1,3-4H2,(H,8,9,10). The number of rotatable bonds is 4. The monoisotopic (exact) mass is 138 g/mol. The molecule has 1 aromatic rings. The third-order valence-corrected chi connectivity index (χ3v) is 1.05. The van der Waals surface area contributed by atoms with Gasteiger partial charge in [-0.2, -0.15) is 5.10 Å². The van der Waals surface area contributed by atoms with E-state index < -0.39 is 0 Å². The fourth-order valence-corrected chi connectivity index (χ4v) is 0.609. The Bertz CT molecular complexity index is 180. The molecule has 0 aliphatic rings. The molecule has 0 saturated heterocycles. The molecule has 0 spiro atoms.